The van der Waals surface area contributed by atoms with E-state index in [0.29, 0.717) is 15.7 Å². The van der Waals surface area contributed by atoms with Gasteiger partial charge in [0.15, 0.2) is 0 Å². The van der Waals surface area contributed by atoms with Crippen LogP contribution in [0.2, 0.25) is 0 Å². The summed E-state index contributed by atoms with van der Waals surface area (Å²) in [6.45, 7) is 0.686. The van der Waals surface area contributed by atoms with Crippen molar-refractivity contribution in [1.29, 1.82) is 0 Å². The first kappa shape index (κ1) is 16.8. The molecular formula is C14H19FINOS. The summed E-state index contributed by atoms with van der Waals surface area (Å²) < 4.78 is 13.6. The summed E-state index contributed by atoms with van der Waals surface area (Å²) in [6.07, 6.45) is 6.71. The molecule has 19 heavy (non-hydrogen) atoms. The molecule has 1 aromatic carbocycles. The number of benzene rings is 1. The summed E-state index contributed by atoms with van der Waals surface area (Å²) >= 11 is 3.85. The number of rotatable bonds is 8. The van der Waals surface area contributed by atoms with Gasteiger partial charge < -0.3 is 5.32 Å². The van der Waals surface area contributed by atoms with Crippen LogP contribution in [0, 0.1) is 9.39 Å². The quantitative estimate of drug-likeness (QED) is 0.531. The second-order valence-electron chi connectivity index (χ2n) is 4.29. The highest BCUT2D eigenvalue weighted by Crippen LogP contribution is 2.13. The maximum Gasteiger partial charge on any atom is 0.252 e. The van der Waals surface area contributed by atoms with Crippen molar-refractivity contribution in [2.24, 2.45) is 0 Å². The Balaban J connectivity index is 2.24. The van der Waals surface area contributed by atoms with Crippen LogP contribution in [0.3, 0.4) is 0 Å². The Morgan fingerprint density at radius 1 is 1.32 bits per heavy atom. The molecule has 1 aromatic rings. The van der Waals surface area contributed by atoms with Gasteiger partial charge in [-0.3, -0.25) is 4.79 Å². The highest BCUT2D eigenvalue weighted by molar-refractivity contribution is 14.1. The zero-order valence-electron chi connectivity index (χ0n) is 11.0. The number of nitrogens with one attached hydrogen (secondary N) is 1. The lowest BCUT2D eigenvalue weighted by Gasteiger charge is -2.07. The Labute approximate surface area is 132 Å². The Bertz CT molecular complexity index is 414. The number of carbonyl (C=O) groups is 1. The fourth-order valence-electron chi connectivity index (χ4n) is 1.70. The van der Waals surface area contributed by atoms with Crippen molar-refractivity contribution in [2.45, 2.75) is 25.7 Å². The summed E-state index contributed by atoms with van der Waals surface area (Å²) in [7, 11) is 0. The lowest BCUT2D eigenvalue weighted by molar-refractivity contribution is 0.0952. The van der Waals surface area contributed by atoms with Gasteiger partial charge in [-0.15, -0.1) is 0 Å². The number of halogens is 2. The van der Waals surface area contributed by atoms with E-state index in [0.717, 1.165) is 12.8 Å². The van der Waals surface area contributed by atoms with Crippen molar-refractivity contribution in [3.63, 3.8) is 0 Å². The molecule has 0 spiro atoms. The number of unbranched alkanes of at least 4 members (excludes halogenated alkanes) is 3. The highest BCUT2D eigenvalue weighted by Gasteiger charge is 2.09. The van der Waals surface area contributed by atoms with Crippen molar-refractivity contribution in [1.82, 2.24) is 5.32 Å². The predicted molar refractivity (Wildman–Crippen MR) is 88.3 cm³/mol. The van der Waals surface area contributed by atoms with Crippen LogP contribution in [-0.4, -0.2) is 24.5 Å². The van der Waals surface area contributed by atoms with Crippen LogP contribution in [0.15, 0.2) is 18.2 Å². The summed E-state index contributed by atoms with van der Waals surface area (Å²) in [5.74, 6) is 0.781. The van der Waals surface area contributed by atoms with Crippen LogP contribution in [0.4, 0.5) is 4.39 Å². The van der Waals surface area contributed by atoms with Crippen LogP contribution < -0.4 is 5.32 Å². The van der Waals surface area contributed by atoms with E-state index in [1.807, 2.05) is 34.4 Å². The molecule has 0 saturated carbocycles. The molecule has 0 atom stereocenters. The highest BCUT2D eigenvalue weighted by atomic mass is 127. The zero-order chi connectivity index (χ0) is 14.1. The third-order valence-corrected chi connectivity index (χ3v) is 4.33. The number of thioether (sulfide) groups is 1. The van der Waals surface area contributed by atoms with E-state index in [-0.39, 0.29) is 11.7 Å². The van der Waals surface area contributed by atoms with Gasteiger partial charge in [0, 0.05) is 10.1 Å². The standard InChI is InChI=1S/C14H19FINOS/c1-19-9-5-3-2-4-8-17-14(18)12-7-6-11(15)10-13(12)16/h6-7,10H,2-5,8-9H2,1H3,(H,17,18). The van der Waals surface area contributed by atoms with Gasteiger partial charge in [-0.05, 0) is 65.6 Å². The minimum absolute atomic E-state index is 0.117. The third kappa shape index (κ3) is 6.61. The molecule has 0 aliphatic heterocycles. The van der Waals surface area contributed by atoms with E-state index < -0.39 is 0 Å². The summed E-state index contributed by atoms with van der Waals surface area (Å²) in [5.41, 5.74) is 0.546. The van der Waals surface area contributed by atoms with Gasteiger partial charge >= 0.3 is 0 Å². The molecule has 106 valence electrons. The zero-order valence-corrected chi connectivity index (χ0v) is 14.0. The minimum atomic E-state index is -0.310. The molecule has 0 aliphatic rings. The Morgan fingerprint density at radius 3 is 2.74 bits per heavy atom. The molecule has 2 nitrogen and oxygen atoms in total. The number of hydrogen-bond donors (Lipinski definition) is 1. The molecule has 1 N–H and O–H groups in total. The van der Waals surface area contributed by atoms with E-state index >= 15 is 0 Å². The summed E-state index contributed by atoms with van der Waals surface area (Å²) in [6, 6.07) is 4.22. The molecule has 0 aromatic heterocycles. The van der Waals surface area contributed by atoms with Crippen LogP contribution in [0.25, 0.3) is 0 Å². The van der Waals surface area contributed by atoms with Gasteiger partial charge in [-0.2, -0.15) is 11.8 Å². The average molecular weight is 395 g/mol. The fraction of sp³-hybridized carbons (Fsp3) is 0.500. The third-order valence-electron chi connectivity index (χ3n) is 2.74. The fourth-order valence-corrected chi connectivity index (χ4v) is 2.91. The van der Waals surface area contributed by atoms with Gasteiger partial charge in [-0.1, -0.05) is 12.8 Å². The van der Waals surface area contributed by atoms with E-state index in [2.05, 4.69) is 11.6 Å². The molecule has 0 aliphatic carbocycles. The second kappa shape index (κ2) is 9.58. The van der Waals surface area contributed by atoms with Crippen molar-refractivity contribution < 1.29 is 9.18 Å². The van der Waals surface area contributed by atoms with E-state index in [4.69, 9.17) is 0 Å². The Hall–Kier alpha value is -0.300. The molecule has 5 heteroatoms. The lowest BCUT2D eigenvalue weighted by atomic mass is 10.2. The van der Waals surface area contributed by atoms with Gasteiger partial charge in [0.25, 0.3) is 5.91 Å². The summed E-state index contributed by atoms with van der Waals surface area (Å²) in [4.78, 5) is 11.9. The number of hydrogen-bond acceptors (Lipinski definition) is 2. The second-order valence-corrected chi connectivity index (χ2v) is 6.43. The van der Waals surface area contributed by atoms with Crippen molar-refractivity contribution >= 4 is 40.3 Å². The first-order valence-electron chi connectivity index (χ1n) is 6.37. The monoisotopic (exact) mass is 395 g/mol. The summed E-state index contributed by atoms with van der Waals surface area (Å²) in [5, 5.41) is 2.88. The van der Waals surface area contributed by atoms with Crippen LogP contribution in [0.5, 0.6) is 0 Å². The minimum Gasteiger partial charge on any atom is -0.352 e. The topological polar surface area (TPSA) is 29.1 Å². The van der Waals surface area contributed by atoms with Gasteiger partial charge in [0.05, 0.1) is 5.56 Å². The number of amides is 1. The largest absolute Gasteiger partial charge is 0.352 e. The predicted octanol–water partition coefficient (Wildman–Crippen LogP) is 4.08. The molecule has 1 amide bonds. The maximum atomic E-state index is 12.9. The average Bonchev–Trinajstić information content (AvgIpc) is 2.37. The van der Waals surface area contributed by atoms with Crippen molar-refractivity contribution in [3.8, 4) is 0 Å². The number of carbonyl (C=O) groups excluding carboxylic acids is 1. The normalized spacial score (nSPS) is 10.5. The van der Waals surface area contributed by atoms with Crippen molar-refractivity contribution in [3.05, 3.63) is 33.1 Å². The molecule has 0 radical (unpaired) electrons. The molecule has 1 rings (SSSR count). The first-order valence-corrected chi connectivity index (χ1v) is 8.84. The van der Waals surface area contributed by atoms with E-state index in [9.17, 15) is 9.18 Å². The van der Waals surface area contributed by atoms with E-state index in [1.165, 1.54) is 36.8 Å². The van der Waals surface area contributed by atoms with Gasteiger partial charge in [-0.25, -0.2) is 4.39 Å². The maximum absolute atomic E-state index is 12.9. The van der Waals surface area contributed by atoms with Crippen molar-refractivity contribution in [2.75, 3.05) is 18.6 Å². The first-order chi connectivity index (χ1) is 9.15. The van der Waals surface area contributed by atoms with Gasteiger partial charge in [0.1, 0.15) is 5.82 Å². The molecule has 0 unspecified atom stereocenters. The lowest BCUT2D eigenvalue weighted by Crippen LogP contribution is -2.25. The van der Waals surface area contributed by atoms with Crippen LogP contribution >= 0.6 is 34.4 Å². The molecule has 0 bridgehead atoms. The van der Waals surface area contributed by atoms with Gasteiger partial charge in [0.2, 0.25) is 0 Å². The molecule has 0 fully saturated rings. The molecule has 0 heterocycles. The van der Waals surface area contributed by atoms with E-state index in [1.54, 1.807) is 0 Å². The molecular weight excluding hydrogens is 376 g/mol. The Kier molecular flexibility index (Phi) is 8.45. The van der Waals surface area contributed by atoms with Crippen LogP contribution in [0.1, 0.15) is 36.0 Å². The van der Waals surface area contributed by atoms with Crippen LogP contribution in [-0.2, 0) is 0 Å². The smallest absolute Gasteiger partial charge is 0.252 e. The Morgan fingerprint density at radius 2 is 2.05 bits per heavy atom. The molecule has 0 saturated heterocycles. The SMILES string of the molecule is CSCCCCCCNC(=O)c1ccc(F)cc1I.